The number of nitrogens with one attached hydrogen (secondary N) is 1. The van der Waals surface area contributed by atoms with Gasteiger partial charge in [0.1, 0.15) is 5.75 Å². The van der Waals surface area contributed by atoms with Crippen molar-refractivity contribution in [1.29, 1.82) is 0 Å². The Kier molecular flexibility index (Phi) is 6.05. The van der Waals surface area contributed by atoms with Crippen LogP contribution >= 0.6 is 0 Å². The predicted octanol–water partition coefficient (Wildman–Crippen LogP) is 2.30. The number of ether oxygens (including phenoxy) is 1. The molecule has 0 aromatic heterocycles. The summed E-state index contributed by atoms with van der Waals surface area (Å²) in [5.74, 6) is 1.08. The highest BCUT2D eigenvalue weighted by molar-refractivity contribution is 5.76. The molecule has 1 aliphatic rings. The van der Waals surface area contributed by atoms with Crippen molar-refractivity contribution in [1.82, 2.24) is 5.32 Å². The Morgan fingerprint density at radius 3 is 2.86 bits per heavy atom. The van der Waals surface area contributed by atoms with Crippen LogP contribution in [0.3, 0.4) is 0 Å². The van der Waals surface area contributed by atoms with E-state index in [1.165, 1.54) is 0 Å². The largest absolute Gasteiger partial charge is 0.496 e. The summed E-state index contributed by atoms with van der Waals surface area (Å²) in [5, 5.41) is 12.8. The first-order chi connectivity index (χ1) is 10.2. The van der Waals surface area contributed by atoms with Crippen LogP contribution in [0.2, 0.25) is 0 Å². The number of carbonyl (C=O) groups excluding carboxylic acids is 1. The molecule has 1 saturated carbocycles. The lowest BCUT2D eigenvalue weighted by Gasteiger charge is -2.27. The van der Waals surface area contributed by atoms with Gasteiger partial charge in [0.25, 0.3) is 0 Å². The molecule has 1 amide bonds. The number of benzene rings is 1. The minimum Gasteiger partial charge on any atom is -0.496 e. The van der Waals surface area contributed by atoms with Gasteiger partial charge >= 0.3 is 0 Å². The number of hydrogen-bond acceptors (Lipinski definition) is 3. The summed E-state index contributed by atoms with van der Waals surface area (Å²) in [6, 6.07) is 7.77. The molecule has 0 heterocycles. The molecule has 2 rings (SSSR count). The fraction of sp³-hybridized carbons (Fsp3) is 0.588. The maximum absolute atomic E-state index is 11.9. The molecule has 2 N–H and O–H groups in total. The van der Waals surface area contributed by atoms with E-state index in [0.717, 1.165) is 37.0 Å². The number of hydrogen-bond donors (Lipinski definition) is 2. The standard InChI is InChI=1S/C17H25NO3/c1-21-16-9-5-3-6-13(16)10-11-17(20)18-12-14-7-2-4-8-15(14)19/h3,5-6,9,14-15,19H,2,4,7-8,10-12H2,1H3,(H,18,20). The van der Waals surface area contributed by atoms with Gasteiger partial charge in [-0.1, -0.05) is 31.0 Å². The molecule has 1 fully saturated rings. The highest BCUT2D eigenvalue weighted by Gasteiger charge is 2.23. The van der Waals surface area contributed by atoms with Gasteiger partial charge in [0, 0.05) is 18.9 Å². The number of aryl methyl sites for hydroxylation is 1. The fourth-order valence-electron chi connectivity index (χ4n) is 2.92. The van der Waals surface area contributed by atoms with E-state index < -0.39 is 0 Å². The van der Waals surface area contributed by atoms with Gasteiger partial charge in [-0.2, -0.15) is 0 Å². The Morgan fingerprint density at radius 2 is 2.10 bits per heavy atom. The molecule has 0 saturated heterocycles. The van der Waals surface area contributed by atoms with E-state index in [4.69, 9.17) is 4.74 Å². The Morgan fingerprint density at radius 1 is 1.33 bits per heavy atom. The second-order valence-corrected chi connectivity index (χ2v) is 5.73. The summed E-state index contributed by atoms with van der Waals surface area (Å²) in [4.78, 5) is 11.9. The predicted molar refractivity (Wildman–Crippen MR) is 82.3 cm³/mol. The van der Waals surface area contributed by atoms with Crippen LogP contribution in [0.25, 0.3) is 0 Å². The van der Waals surface area contributed by atoms with E-state index in [1.807, 2.05) is 24.3 Å². The van der Waals surface area contributed by atoms with Crippen molar-refractivity contribution in [2.45, 2.75) is 44.6 Å². The van der Waals surface area contributed by atoms with E-state index >= 15 is 0 Å². The zero-order valence-electron chi connectivity index (χ0n) is 12.7. The van der Waals surface area contributed by atoms with Gasteiger partial charge in [0.05, 0.1) is 13.2 Å². The zero-order valence-corrected chi connectivity index (χ0v) is 12.7. The van der Waals surface area contributed by atoms with Gasteiger partial charge in [-0.05, 0) is 30.9 Å². The van der Waals surface area contributed by atoms with E-state index in [-0.39, 0.29) is 17.9 Å². The summed E-state index contributed by atoms with van der Waals surface area (Å²) < 4.78 is 5.28. The quantitative estimate of drug-likeness (QED) is 0.845. The van der Waals surface area contributed by atoms with Gasteiger partial charge in [-0.3, -0.25) is 4.79 Å². The molecule has 1 aliphatic carbocycles. The van der Waals surface area contributed by atoms with Crippen LogP contribution in [0, 0.1) is 5.92 Å². The number of aliphatic hydroxyl groups is 1. The van der Waals surface area contributed by atoms with Crippen LogP contribution in [-0.2, 0) is 11.2 Å². The van der Waals surface area contributed by atoms with Crippen molar-refractivity contribution in [3.8, 4) is 5.75 Å². The molecule has 0 spiro atoms. The van der Waals surface area contributed by atoms with Crippen molar-refractivity contribution in [3.05, 3.63) is 29.8 Å². The Bertz CT molecular complexity index is 461. The van der Waals surface area contributed by atoms with E-state index in [9.17, 15) is 9.90 Å². The summed E-state index contributed by atoms with van der Waals surface area (Å²) in [5.41, 5.74) is 1.05. The summed E-state index contributed by atoms with van der Waals surface area (Å²) >= 11 is 0. The second kappa shape index (κ2) is 8.03. The van der Waals surface area contributed by atoms with Gasteiger partial charge in [0.15, 0.2) is 0 Å². The highest BCUT2D eigenvalue weighted by Crippen LogP contribution is 2.23. The number of para-hydroxylation sites is 1. The van der Waals surface area contributed by atoms with E-state index in [0.29, 0.717) is 19.4 Å². The third-order valence-electron chi connectivity index (χ3n) is 4.24. The van der Waals surface area contributed by atoms with Crippen LogP contribution < -0.4 is 10.1 Å². The van der Waals surface area contributed by atoms with Crippen molar-refractivity contribution in [2.75, 3.05) is 13.7 Å². The summed E-state index contributed by atoms with van der Waals surface area (Å²) in [7, 11) is 1.64. The second-order valence-electron chi connectivity index (χ2n) is 5.73. The van der Waals surface area contributed by atoms with Gasteiger partial charge in [0.2, 0.25) is 5.91 Å². The van der Waals surface area contributed by atoms with Crippen LogP contribution in [0.4, 0.5) is 0 Å². The van der Waals surface area contributed by atoms with Gasteiger partial charge in [-0.25, -0.2) is 0 Å². The van der Waals surface area contributed by atoms with Crippen molar-refractivity contribution >= 4 is 5.91 Å². The first-order valence-corrected chi connectivity index (χ1v) is 7.77. The Balaban J connectivity index is 1.74. The van der Waals surface area contributed by atoms with Crippen LogP contribution in [-0.4, -0.2) is 30.8 Å². The monoisotopic (exact) mass is 291 g/mol. The molecular weight excluding hydrogens is 266 g/mol. The van der Waals surface area contributed by atoms with Crippen molar-refractivity contribution in [2.24, 2.45) is 5.92 Å². The molecule has 0 aliphatic heterocycles. The topological polar surface area (TPSA) is 58.6 Å². The number of aliphatic hydroxyl groups excluding tert-OH is 1. The van der Waals surface area contributed by atoms with E-state index in [1.54, 1.807) is 7.11 Å². The number of carbonyl (C=O) groups is 1. The fourth-order valence-corrected chi connectivity index (χ4v) is 2.92. The molecular formula is C17H25NO3. The number of amides is 1. The lowest BCUT2D eigenvalue weighted by atomic mass is 9.86. The van der Waals surface area contributed by atoms with Gasteiger partial charge in [-0.15, -0.1) is 0 Å². The molecule has 2 unspecified atom stereocenters. The van der Waals surface area contributed by atoms with Crippen molar-refractivity contribution < 1.29 is 14.6 Å². The first-order valence-electron chi connectivity index (χ1n) is 7.77. The zero-order chi connectivity index (χ0) is 15.1. The normalized spacial score (nSPS) is 21.8. The molecule has 0 bridgehead atoms. The van der Waals surface area contributed by atoms with E-state index in [2.05, 4.69) is 5.32 Å². The average molecular weight is 291 g/mol. The maximum atomic E-state index is 11.9. The van der Waals surface area contributed by atoms with Crippen molar-refractivity contribution in [3.63, 3.8) is 0 Å². The molecule has 1 aromatic carbocycles. The average Bonchev–Trinajstić information content (AvgIpc) is 2.52. The van der Waals surface area contributed by atoms with Gasteiger partial charge < -0.3 is 15.2 Å². The number of methoxy groups -OCH3 is 1. The SMILES string of the molecule is COc1ccccc1CCC(=O)NCC1CCCCC1O. The first kappa shape index (κ1) is 15.8. The minimum absolute atomic E-state index is 0.0404. The Hall–Kier alpha value is -1.55. The lowest BCUT2D eigenvalue weighted by molar-refractivity contribution is -0.121. The molecule has 21 heavy (non-hydrogen) atoms. The van der Waals surface area contributed by atoms with Crippen LogP contribution in [0.1, 0.15) is 37.7 Å². The Labute approximate surface area is 126 Å². The molecule has 1 aromatic rings. The summed E-state index contributed by atoms with van der Waals surface area (Å²) in [6.07, 6.45) is 4.98. The molecule has 4 nitrogen and oxygen atoms in total. The third-order valence-corrected chi connectivity index (χ3v) is 4.24. The summed E-state index contributed by atoms with van der Waals surface area (Å²) in [6.45, 7) is 0.589. The van der Waals surface area contributed by atoms with Crippen LogP contribution in [0.5, 0.6) is 5.75 Å². The lowest BCUT2D eigenvalue weighted by Crippen LogP contribution is -2.36. The number of rotatable bonds is 6. The molecule has 4 heteroatoms. The molecule has 0 radical (unpaired) electrons. The third kappa shape index (κ3) is 4.74. The van der Waals surface area contributed by atoms with Crippen LogP contribution in [0.15, 0.2) is 24.3 Å². The molecule has 2 atom stereocenters. The maximum Gasteiger partial charge on any atom is 0.220 e. The highest BCUT2D eigenvalue weighted by atomic mass is 16.5. The molecule has 116 valence electrons. The minimum atomic E-state index is -0.256. The smallest absolute Gasteiger partial charge is 0.220 e.